The molecule has 2 heterocycles. The Morgan fingerprint density at radius 3 is 2.33 bits per heavy atom. The van der Waals surface area contributed by atoms with Gasteiger partial charge < -0.3 is 9.80 Å². The van der Waals surface area contributed by atoms with Crippen molar-refractivity contribution in [2.24, 2.45) is 0 Å². The first kappa shape index (κ1) is 26.8. The lowest BCUT2D eigenvalue weighted by Gasteiger charge is -2.28. The zero-order valence-electron chi connectivity index (χ0n) is 19.9. The Kier molecular flexibility index (Phi) is 9.14. The van der Waals surface area contributed by atoms with E-state index < -0.39 is 10.0 Å². The van der Waals surface area contributed by atoms with Gasteiger partial charge in [-0.1, -0.05) is 29.8 Å². The number of hydrogen-bond donors (Lipinski definition) is 0. The van der Waals surface area contributed by atoms with Crippen LogP contribution in [0.5, 0.6) is 0 Å². The Bertz CT molecular complexity index is 1230. The van der Waals surface area contributed by atoms with Crippen LogP contribution in [0.1, 0.15) is 23.3 Å². The van der Waals surface area contributed by atoms with E-state index in [1.54, 1.807) is 17.0 Å². The molecule has 0 aliphatic carbocycles. The minimum absolute atomic E-state index is 0.101. The molecule has 10 heteroatoms. The topological polar surface area (TPSA) is 60.9 Å². The molecular formula is C26H29ClFN3O3S2. The summed E-state index contributed by atoms with van der Waals surface area (Å²) in [6.07, 6.45) is 2.18. The van der Waals surface area contributed by atoms with E-state index in [1.165, 1.54) is 52.0 Å². The first-order valence-electron chi connectivity index (χ1n) is 11.8. The normalized spacial score (nSPS) is 14.4. The van der Waals surface area contributed by atoms with Gasteiger partial charge in [-0.3, -0.25) is 4.79 Å². The molecule has 2 aromatic carbocycles. The van der Waals surface area contributed by atoms with Gasteiger partial charge in [0.1, 0.15) is 5.82 Å². The van der Waals surface area contributed by atoms with Crippen LogP contribution >= 0.6 is 22.9 Å². The summed E-state index contributed by atoms with van der Waals surface area (Å²) in [7, 11) is -3.93. The molecule has 1 aliphatic heterocycles. The van der Waals surface area contributed by atoms with Gasteiger partial charge in [0.15, 0.2) is 0 Å². The zero-order chi connectivity index (χ0) is 25.5. The molecule has 0 spiro atoms. The fourth-order valence-electron chi connectivity index (χ4n) is 4.18. The maximum absolute atomic E-state index is 13.6. The molecule has 1 amide bonds. The molecule has 0 unspecified atom stereocenters. The molecule has 3 aromatic rings. The average Bonchev–Trinajstić information content (AvgIpc) is 3.57. The fourth-order valence-corrected chi connectivity index (χ4v) is 6.41. The Labute approximate surface area is 221 Å². The monoisotopic (exact) mass is 549 g/mol. The summed E-state index contributed by atoms with van der Waals surface area (Å²) in [6.45, 7) is 2.93. The molecule has 0 atom stereocenters. The van der Waals surface area contributed by atoms with Gasteiger partial charge in [0.2, 0.25) is 15.9 Å². The minimum Gasteiger partial charge on any atom is -0.332 e. The number of rotatable bonds is 11. The van der Waals surface area contributed by atoms with Crippen LogP contribution < -0.4 is 0 Å². The molecular weight excluding hydrogens is 521 g/mol. The predicted molar refractivity (Wildman–Crippen MR) is 141 cm³/mol. The summed E-state index contributed by atoms with van der Waals surface area (Å²) < 4.78 is 41.8. The molecule has 36 heavy (non-hydrogen) atoms. The van der Waals surface area contributed by atoms with E-state index in [1.807, 2.05) is 17.5 Å². The van der Waals surface area contributed by atoms with Crippen molar-refractivity contribution in [3.63, 3.8) is 0 Å². The number of carbonyl (C=O) groups is 1. The highest BCUT2D eigenvalue weighted by molar-refractivity contribution is 7.89. The smallest absolute Gasteiger partial charge is 0.243 e. The van der Waals surface area contributed by atoms with E-state index in [9.17, 15) is 17.6 Å². The van der Waals surface area contributed by atoms with Crippen LogP contribution in [0.3, 0.4) is 0 Å². The van der Waals surface area contributed by atoms with Gasteiger partial charge in [0.25, 0.3) is 0 Å². The lowest BCUT2D eigenvalue weighted by atomic mass is 10.2. The minimum atomic E-state index is -3.93. The van der Waals surface area contributed by atoms with Crippen molar-refractivity contribution >= 4 is 38.9 Å². The quantitative estimate of drug-likeness (QED) is 0.343. The zero-order valence-corrected chi connectivity index (χ0v) is 22.2. The molecule has 1 fully saturated rings. The second kappa shape index (κ2) is 12.3. The summed E-state index contributed by atoms with van der Waals surface area (Å²) in [6, 6.07) is 15.8. The average molecular weight is 550 g/mol. The number of hydrogen-bond acceptors (Lipinski definition) is 5. The SMILES string of the molecule is O=C(CN(CCN1CCCC1)S(=O)(=O)c1ccc(Cl)cc1)N(Cc1ccc(F)cc1)Cc1cccs1. The fraction of sp³-hybridized carbons (Fsp3) is 0.346. The van der Waals surface area contributed by atoms with Crippen molar-refractivity contribution in [1.82, 2.24) is 14.1 Å². The predicted octanol–water partition coefficient (Wildman–Crippen LogP) is 4.86. The third kappa shape index (κ3) is 7.14. The van der Waals surface area contributed by atoms with Crippen LogP contribution in [-0.4, -0.2) is 61.2 Å². The lowest BCUT2D eigenvalue weighted by molar-refractivity contribution is -0.132. The third-order valence-electron chi connectivity index (χ3n) is 6.19. The Balaban J connectivity index is 1.57. The van der Waals surface area contributed by atoms with Gasteiger partial charge in [0, 0.05) is 29.5 Å². The third-order valence-corrected chi connectivity index (χ3v) is 9.17. The number of amides is 1. The number of nitrogens with zero attached hydrogens (tertiary/aromatic N) is 3. The largest absolute Gasteiger partial charge is 0.332 e. The Morgan fingerprint density at radius 1 is 1.00 bits per heavy atom. The summed E-state index contributed by atoms with van der Waals surface area (Å²) >= 11 is 7.50. The van der Waals surface area contributed by atoms with Gasteiger partial charge in [-0.25, -0.2) is 12.8 Å². The highest BCUT2D eigenvalue weighted by Crippen LogP contribution is 2.21. The number of halogens is 2. The van der Waals surface area contributed by atoms with Crippen LogP contribution in [0.2, 0.25) is 5.02 Å². The van der Waals surface area contributed by atoms with E-state index in [-0.39, 0.29) is 36.3 Å². The van der Waals surface area contributed by atoms with E-state index >= 15 is 0 Å². The maximum Gasteiger partial charge on any atom is 0.243 e. The summed E-state index contributed by atoms with van der Waals surface area (Å²) in [4.78, 5) is 18.5. The van der Waals surface area contributed by atoms with Crippen LogP contribution in [-0.2, 0) is 27.9 Å². The Morgan fingerprint density at radius 2 is 1.69 bits per heavy atom. The van der Waals surface area contributed by atoms with E-state index in [0.717, 1.165) is 36.4 Å². The standard InChI is InChI=1S/C26H29ClFN3O3S2/c27-22-7-11-25(12-8-22)36(33,34)31(16-15-29-13-1-2-14-29)20-26(32)30(19-24-4-3-17-35-24)18-21-5-9-23(28)10-6-21/h3-12,17H,1-2,13-16,18-20H2. The van der Waals surface area contributed by atoms with Crippen molar-refractivity contribution in [2.45, 2.75) is 30.8 Å². The van der Waals surface area contributed by atoms with Gasteiger partial charge in [-0.15, -0.1) is 11.3 Å². The molecule has 1 saturated heterocycles. The van der Waals surface area contributed by atoms with Crippen LogP contribution in [0.15, 0.2) is 70.9 Å². The van der Waals surface area contributed by atoms with Crippen LogP contribution in [0.25, 0.3) is 0 Å². The molecule has 192 valence electrons. The van der Waals surface area contributed by atoms with Crippen LogP contribution in [0, 0.1) is 5.82 Å². The molecule has 0 saturated carbocycles. The number of benzene rings is 2. The summed E-state index contributed by atoms with van der Waals surface area (Å²) in [5, 5.41) is 2.37. The maximum atomic E-state index is 13.6. The summed E-state index contributed by atoms with van der Waals surface area (Å²) in [5.74, 6) is -0.663. The Hall–Kier alpha value is -2.30. The number of likely N-dealkylation sites (tertiary alicyclic amines) is 1. The van der Waals surface area contributed by atoms with E-state index in [2.05, 4.69) is 4.90 Å². The molecule has 4 rings (SSSR count). The highest BCUT2D eigenvalue weighted by atomic mass is 35.5. The molecule has 0 bridgehead atoms. The first-order valence-corrected chi connectivity index (χ1v) is 14.5. The van der Waals surface area contributed by atoms with Gasteiger partial charge in [-0.2, -0.15) is 4.31 Å². The van der Waals surface area contributed by atoms with E-state index in [4.69, 9.17) is 11.6 Å². The molecule has 1 aromatic heterocycles. The van der Waals surface area contributed by atoms with Crippen molar-refractivity contribution in [1.29, 1.82) is 0 Å². The van der Waals surface area contributed by atoms with E-state index in [0.29, 0.717) is 18.1 Å². The van der Waals surface area contributed by atoms with Crippen molar-refractivity contribution in [3.8, 4) is 0 Å². The van der Waals surface area contributed by atoms with Crippen molar-refractivity contribution in [3.05, 3.63) is 87.3 Å². The van der Waals surface area contributed by atoms with Crippen molar-refractivity contribution < 1.29 is 17.6 Å². The molecule has 0 N–H and O–H groups in total. The number of thiophene rings is 1. The van der Waals surface area contributed by atoms with Gasteiger partial charge >= 0.3 is 0 Å². The molecule has 0 radical (unpaired) electrons. The molecule has 6 nitrogen and oxygen atoms in total. The lowest BCUT2D eigenvalue weighted by Crippen LogP contribution is -2.45. The number of sulfonamides is 1. The van der Waals surface area contributed by atoms with Crippen molar-refractivity contribution in [2.75, 3.05) is 32.7 Å². The number of carbonyl (C=O) groups excluding carboxylic acids is 1. The van der Waals surface area contributed by atoms with Gasteiger partial charge in [-0.05, 0) is 79.3 Å². The molecule has 1 aliphatic rings. The second-order valence-electron chi connectivity index (χ2n) is 8.80. The van der Waals surface area contributed by atoms with Crippen LogP contribution in [0.4, 0.5) is 4.39 Å². The van der Waals surface area contributed by atoms with Gasteiger partial charge in [0.05, 0.1) is 18.0 Å². The second-order valence-corrected chi connectivity index (χ2v) is 12.2. The summed E-state index contributed by atoms with van der Waals surface area (Å²) in [5.41, 5.74) is 0.769. The first-order chi connectivity index (χ1) is 17.3. The highest BCUT2D eigenvalue weighted by Gasteiger charge is 2.29.